The van der Waals surface area contributed by atoms with Gasteiger partial charge in [-0.2, -0.15) is 0 Å². The van der Waals surface area contributed by atoms with Crippen molar-refractivity contribution in [2.45, 2.75) is 5.92 Å². The van der Waals surface area contributed by atoms with Crippen LogP contribution in [0.1, 0.15) is 0 Å². The van der Waals surface area contributed by atoms with Gasteiger partial charge in [0.05, 0.1) is 23.7 Å². The Balaban J connectivity index is 2.12. The fraction of sp³-hybridized carbons (Fsp3) is 0.556. The summed E-state index contributed by atoms with van der Waals surface area (Å²) in [5.41, 5.74) is 0. The van der Waals surface area contributed by atoms with E-state index in [9.17, 15) is 18.4 Å². The van der Waals surface area contributed by atoms with Gasteiger partial charge in [0.1, 0.15) is 0 Å². The van der Waals surface area contributed by atoms with Gasteiger partial charge < -0.3 is 4.74 Å². The number of hydrogen-bond donors (Lipinski definition) is 0. The van der Waals surface area contributed by atoms with Crippen molar-refractivity contribution in [2.75, 3.05) is 0 Å². The van der Waals surface area contributed by atoms with E-state index in [4.69, 9.17) is 0 Å². The van der Waals surface area contributed by atoms with Crippen LogP contribution in [0.2, 0.25) is 0 Å². The molecular weight excluding hydrogens is 194 g/mol. The van der Waals surface area contributed by atoms with Gasteiger partial charge in [-0.25, -0.2) is 8.78 Å². The zero-order valence-corrected chi connectivity index (χ0v) is 6.94. The predicted octanol–water partition coefficient (Wildman–Crippen LogP) is 0.753. The lowest BCUT2D eigenvalue weighted by Crippen LogP contribution is -2.28. The average Bonchev–Trinajstić information content (AvgIpc) is 2.63. The number of rotatable bonds is 0. The number of hydrogen-bond acceptors (Lipinski definition) is 3. The number of carbonyl (C=O) groups is 2. The molecule has 0 amide bonds. The van der Waals surface area contributed by atoms with Gasteiger partial charge in [-0.1, -0.05) is 12.2 Å². The molecule has 74 valence electrons. The maximum Gasteiger partial charge on any atom is 0.318 e. The Morgan fingerprint density at radius 2 is 1.50 bits per heavy atom. The van der Waals surface area contributed by atoms with Gasteiger partial charge in [0.25, 0.3) is 5.92 Å². The summed E-state index contributed by atoms with van der Waals surface area (Å²) < 4.78 is 31.2. The van der Waals surface area contributed by atoms with E-state index in [0.29, 0.717) is 0 Å². The molecule has 1 heterocycles. The lowest BCUT2D eigenvalue weighted by Gasteiger charge is -2.16. The molecule has 2 bridgehead atoms. The first-order chi connectivity index (χ1) is 6.53. The van der Waals surface area contributed by atoms with E-state index in [2.05, 4.69) is 4.74 Å². The Kier molecular flexibility index (Phi) is 1.18. The van der Waals surface area contributed by atoms with Gasteiger partial charge in [0.15, 0.2) is 0 Å². The van der Waals surface area contributed by atoms with Crippen molar-refractivity contribution >= 4 is 11.9 Å². The van der Waals surface area contributed by atoms with Crippen molar-refractivity contribution in [1.29, 1.82) is 0 Å². The monoisotopic (exact) mass is 200 g/mol. The molecule has 0 spiro atoms. The smallest absolute Gasteiger partial charge is 0.318 e. The van der Waals surface area contributed by atoms with Gasteiger partial charge in [-0.3, -0.25) is 9.59 Å². The molecule has 1 saturated carbocycles. The van der Waals surface area contributed by atoms with Crippen molar-refractivity contribution in [3.63, 3.8) is 0 Å². The van der Waals surface area contributed by atoms with Crippen LogP contribution in [0.15, 0.2) is 12.2 Å². The van der Waals surface area contributed by atoms with E-state index < -0.39 is 41.5 Å². The van der Waals surface area contributed by atoms with E-state index in [0.717, 1.165) is 0 Å². The topological polar surface area (TPSA) is 43.4 Å². The summed E-state index contributed by atoms with van der Waals surface area (Å²) in [6.07, 6.45) is 2.65. The van der Waals surface area contributed by atoms with Gasteiger partial charge >= 0.3 is 11.9 Å². The predicted molar refractivity (Wildman–Crippen MR) is 39.1 cm³/mol. The van der Waals surface area contributed by atoms with Crippen LogP contribution in [0, 0.1) is 23.7 Å². The molecule has 0 aromatic rings. The van der Waals surface area contributed by atoms with E-state index in [1.54, 1.807) is 0 Å². The summed E-state index contributed by atoms with van der Waals surface area (Å²) in [4.78, 5) is 22.3. The number of carbonyl (C=O) groups excluding carboxylic acids is 2. The van der Waals surface area contributed by atoms with Crippen molar-refractivity contribution < 1.29 is 23.1 Å². The van der Waals surface area contributed by atoms with Crippen LogP contribution in [-0.2, 0) is 14.3 Å². The largest absolute Gasteiger partial charge is 0.393 e. The zero-order chi connectivity index (χ0) is 10.1. The molecule has 1 saturated heterocycles. The minimum atomic E-state index is -2.95. The van der Waals surface area contributed by atoms with Crippen molar-refractivity contribution in [3.05, 3.63) is 12.2 Å². The summed E-state index contributed by atoms with van der Waals surface area (Å²) in [5.74, 6) is -8.73. The Hall–Kier alpha value is -1.26. The highest BCUT2D eigenvalue weighted by Crippen LogP contribution is 2.59. The highest BCUT2D eigenvalue weighted by atomic mass is 19.3. The second kappa shape index (κ2) is 2.04. The minimum Gasteiger partial charge on any atom is -0.393 e. The van der Waals surface area contributed by atoms with Crippen LogP contribution < -0.4 is 0 Å². The van der Waals surface area contributed by atoms with Crippen LogP contribution in [-0.4, -0.2) is 17.9 Å². The lowest BCUT2D eigenvalue weighted by atomic mass is 9.85. The first-order valence-electron chi connectivity index (χ1n) is 4.35. The fourth-order valence-corrected chi connectivity index (χ4v) is 2.70. The van der Waals surface area contributed by atoms with Crippen LogP contribution in [0.3, 0.4) is 0 Å². The maximum absolute atomic E-state index is 13.4. The second-order valence-electron chi connectivity index (χ2n) is 3.90. The summed E-state index contributed by atoms with van der Waals surface area (Å²) in [6, 6.07) is 0. The third-order valence-electron chi connectivity index (χ3n) is 3.32. The summed E-state index contributed by atoms with van der Waals surface area (Å²) in [7, 11) is 0. The normalized spacial score (nSPS) is 47.0. The fourth-order valence-electron chi connectivity index (χ4n) is 2.70. The van der Waals surface area contributed by atoms with Crippen molar-refractivity contribution in [2.24, 2.45) is 23.7 Å². The standard InChI is InChI=1S/C9H6F2O3/c10-9(11)3-1-2-4(9)6-5(3)7(12)14-8(6)13/h1-6H. The average molecular weight is 200 g/mol. The maximum atomic E-state index is 13.4. The number of esters is 2. The highest BCUT2D eigenvalue weighted by Gasteiger charge is 2.71. The van der Waals surface area contributed by atoms with Crippen LogP contribution >= 0.6 is 0 Å². The number of fused-ring (bicyclic) bond motifs is 5. The van der Waals surface area contributed by atoms with Gasteiger partial charge in [-0.05, 0) is 0 Å². The lowest BCUT2D eigenvalue weighted by molar-refractivity contribution is -0.158. The summed E-state index contributed by atoms with van der Waals surface area (Å²) >= 11 is 0. The van der Waals surface area contributed by atoms with Gasteiger partial charge in [-0.15, -0.1) is 0 Å². The molecule has 0 aromatic carbocycles. The van der Waals surface area contributed by atoms with Crippen molar-refractivity contribution in [1.82, 2.24) is 0 Å². The molecule has 5 heteroatoms. The molecule has 14 heavy (non-hydrogen) atoms. The number of halogens is 2. The first-order valence-corrected chi connectivity index (χ1v) is 4.35. The molecule has 0 radical (unpaired) electrons. The molecule has 3 rings (SSSR count). The third kappa shape index (κ3) is 0.645. The molecule has 3 nitrogen and oxygen atoms in total. The summed E-state index contributed by atoms with van der Waals surface area (Å²) in [5, 5.41) is 0. The Labute approximate surface area is 77.7 Å². The molecule has 1 aliphatic heterocycles. The molecule has 3 aliphatic rings. The van der Waals surface area contributed by atoms with E-state index >= 15 is 0 Å². The number of allylic oxidation sites excluding steroid dienone is 2. The van der Waals surface area contributed by atoms with Crippen molar-refractivity contribution in [3.8, 4) is 0 Å². The van der Waals surface area contributed by atoms with E-state index in [1.165, 1.54) is 12.2 Å². The second-order valence-corrected chi connectivity index (χ2v) is 3.90. The first kappa shape index (κ1) is 8.08. The molecule has 0 aromatic heterocycles. The Morgan fingerprint density at radius 3 is 1.93 bits per heavy atom. The molecule has 2 aliphatic carbocycles. The number of alkyl halides is 2. The molecule has 2 fully saturated rings. The van der Waals surface area contributed by atoms with Gasteiger partial charge in [0, 0.05) is 0 Å². The summed E-state index contributed by atoms with van der Waals surface area (Å²) in [6.45, 7) is 0. The minimum absolute atomic E-state index is 0.795. The van der Waals surface area contributed by atoms with Crippen LogP contribution in [0.25, 0.3) is 0 Å². The van der Waals surface area contributed by atoms with Crippen LogP contribution in [0.4, 0.5) is 8.78 Å². The Bertz CT molecular complexity index is 342. The zero-order valence-electron chi connectivity index (χ0n) is 6.94. The molecule has 4 atom stereocenters. The SMILES string of the molecule is O=C1OC(=O)C2C1C1C=CC2C1(F)F. The molecule has 0 N–H and O–H groups in total. The highest BCUT2D eigenvalue weighted by molar-refractivity contribution is 5.98. The quantitative estimate of drug-likeness (QED) is 0.329. The molecule has 4 unspecified atom stereocenters. The van der Waals surface area contributed by atoms with E-state index in [1.807, 2.05) is 0 Å². The molecular formula is C9H6F2O3. The Morgan fingerprint density at radius 1 is 1.07 bits per heavy atom. The number of ether oxygens (including phenoxy) is 1. The third-order valence-corrected chi connectivity index (χ3v) is 3.32. The number of cyclic esters (lactones) is 2. The van der Waals surface area contributed by atoms with E-state index in [-0.39, 0.29) is 0 Å². The van der Waals surface area contributed by atoms with Gasteiger partial charge in [0.2, 0.25) is 0 Å². The van der Waals surface area contributed by atoms with Crippen LogP contribution in [0.5, 0.6) is 0 Å².